The molecule has 0 fully saturated rings. The van der Waals surface area contributed by atoms with Crippen molar-refractivity contribution in [2.45, 2.75) is 26.3 Å². The summed E-state index contributed by atoms with van der Waals surface area (Å²) < 4.78 is 6.25. The molecule has 0 bridgehead atoms. The van der Waals surface area contributed by atoms with Crippen LogP contribution in [0.4, 0.5) is 5.69 Å². The molecule has 0 unspecified atom stereocenters. The number of hydrogen-bond donors (Lipinski definition) is 1. The molecule has 1 N–H and O–H groups in total. The molecule has 0 aromatic carbocycles. The Morgan fingerprint density at radius 1 is 1.32 bits per heavy atom. The first-order chi connectivity index (χ1) is 8.76. The number of carbonyl (C=O) groups is 1. The molecule has 2 rings (SSSR count). The number of aromatic nitrogens is 1. The van der Waals surface area contributed by atoms with Crippen molar-refractivity contribution in [3.63, 3.8) is 0 Å². The normalized spacial score (nSPS) is 11.8. The smallest absolute Gasteiger partial charge is 0.351 e. The van der Waals surface area contributed by atoms with Crippen LogP contribution in [0, 0.1) is 0 Å². The Kier molecular flexibility index (Phi) is 3.44. The average Bonchev–Trinajstić information content (AvgIpc) is 2.83. The Morgan fingerprint density at radius 2 is 1.95 bits per heavy atom. The van der Waals surface area contributed by atoms with Gasteiger partial charge in [0.25, 0.3) is 5.56 Å². The summed E-state index contributed by atoms with van der Waals surface area (Å²) in [6, 6.07) is 0. The van der Waals surface area contributed by atoms with E-state index in [0.717, 1.165) is 4.88 Å². The second-order valence-corrected chi connectivity index (χ2v) is 7.43. The van der Waals surface area contributed by atoms with Gasteiger partial charge in [-0.25, -0.2) is 4.79 Å². The van der Waals surface area contributed by atoms with Gasteiger partial charge in [-0.3, -0.25) is 4.79 Å². The number of nitrogens with one attached hydrogen (secondary N) is 1. The SMILES string of the molecule is COC(=O)c1ssc2c(NC(C)(C)C)c(=O)n(C)c1-2. The molecular weight excluding hydrogens is 284 g/mol. The highest BCUT2D eigenvalue weighted by Crippen LogP contribution is 2.42. The second-order valence-electron chi connectivity index (χ2n) is 5.28. The average molecular weight is 300 g/mol. The van der Waals surface area contributed by atoms with E-state index in [1.165, 1.54) is 32.4 Å². The molecule has 2 aliphatic heterocycles. The molecule has 0 radical (unpaired) electrons. The number of esters is 1. The number of hydrogen-bond acceptors (Lipinski definition) is 6. The van der Waals surface area contributed by atoms with Gasteiger partial charge in [0.05, 0.1) is 17.7 Å². The summed E-state index contributed by atoms with van der Waals surface area (Å²) in [5.74, 6) is -0.404. The monoisotopic (exact) mass is 300 g/mol. The highest BCUT2D eigenvalue weighted by Gasteiger charge is 2.30. The highest BCUT2D eigenvalue weighted by molar-refractivity contribution is 7.71. The number of carbonyl (C=O) groups excluding carboxylic acids is 1. The Balaban J connectivity index is 2.60. The predicted octanol–water partition coefficient (Wildman–Crippen LogP) is 2.61. The zero-order valence-corrected chi connectivity index (χ0v) is 13.1. The van der Waals surface area contributed by atoms with Gasteiger partial charge in [-0.2, -0.15) is 0 Å². The minimum atomic E-state index is -0.404. The Labute approximate surface area is 118 Å². The van der Waals surface area contributed by atoms with E-state index in [9.17, 15) is 9.59 Å². The summed E-state index contributed by atoms with van der Waals surface area (Å²) in [6.07, 6.45) is 0. The number of anilines is 1. The minimum Gasteiger partial charge on any atom is -0.465 e. The number of fused-ring (bicyclic) bond motifs is 1. The lowest BCUT2D eigenvalue weighted by molar-refractivity contribution is 0.0606. The maximum absolute atomic E-state index is 12.2. The number of nitrogens with zero attached hydrogens (tertiary/aromatic N) is 1. The topological polar surface area (TPSA) is 60.3 Å². The largest absolute Gasteiger partial charge is 0.465 e. The first-order valence-corrected chi connectivity index (χ1v) is 7.89. The molecule has 0 aliphatic carbocycles. The van der Waals surface area contributed by atoms with E-state index >= 15 is 0 Å². The quantitative estimate of drug-likeness (QED) is 0.684. The van der Waals surface area contributed by atoms with Gasteiger partial charge >= 0.3 is 5.97 Å². The third kappa shape index (κ3) is 2.40. The van der Waals surface area contributed by atoms with Crippen molar-refractivity contribution in [2.75, 3.05) is 12.4 Å². The molecule has 0 atom stereocenters. The number of rotatable bonds is 2. The van der Waals surface area contributed by atoms with Crippen LogP contribution in [0.1, 0.15) is 30.4 Å². The standard InChI is InChI=1S/C12H16N2O3S2/c1-12(2,3)13-6-8-7(14(4)10(6)15)9(19-18-8)11(16)17-5/h13H,1-5H3. The van der Waals surface area contributed by atoms with Crippen molar-refractivity contribution < 1.29 is 9.53 Å². The maximum Gasteiger partial charge on any atom is 0.351 e. The van der Waals surface area contributed by atoms with Crippen molar-refractivity contribution in [3.05, 3.63) is 15.2 Å². The summed E-state index contributed by atoms with van der Waals surface area (Å²) in [7, 11) is 5.76. The van der Waals surface area contributed by atoms with Crippen molar-refractivity contribution in [3.8, 4) is 10.6 Å². The van der Waals surface area contributed by atoms with Gasteiger partial charge in [0.2, 0.25) is 0 Å². The molecule has 0 amide bonds. The Bertz CT molecular complexity index is 645. The van der Waals surface area contributed by atoms with Crippen molar-refractivity contribution in [1.29, 1.82) is 0 Å². The summed E-state index contributed by atoms with van der Waals surface area (Å²) >= 11 is 0. The highest BCUT2D eigenvalue weighted by atomic mass is 32.9. The number of methoxy groups -OCH3 is 1. The van der Waals surface area contributed by atoms with Gasteiger partial charge < -0.3 is 14.6 Å². The molecule has 104 valence electrons. The summed E-state index contributed by atoms with van der Waals surface area (Å²) in [5, 5.41) is 3.22. The van der Waals surface area contributed by atoms with Gasteiger partial charge in [0.1, 0.15) is 10.6 Å². The van der Waals surface area contributed by atoms with Crippen LogP contribution in [0.5, 0.6) is 0 Å². The number of ether oxygens (including phenoxy) is 1. The van der Waals surface area contributed by atoms with E-state index in [0.29, 0.717) is 16.3 Å². The van der Waals surface area contributed by atoms with Crippen molar-refractivity contribution in [2.24, 2.45) is 7.05 Å². The van der Waals surface area contributed by atoms with E-state index in [4.69, 9.17) is 4.74 Å². The minimum absolute atomic E-state index is 0.117. The predicted molar refractivity (Wildman–Crippen MR) is 78.8 cm³/mol. The molecule has 2 heterocycles. The first kappa shape index (κ1) is 14.1. The van der Waals surface area contributed by atoms with Gasteiger partial charge in [0, 0.05) is 12.6 Å². The van der Waals surface area contributed by atoms with E-state index in [2.05, 4.69) is 5.32 Å². The van der Waals surface area contributed by atoms with Crippen LogP contribution >= 0.6 is 20.7 Å². The molecule has 0 spiro atoms. The van der Waals surface area contributed by atoms with E-state index in [1.807, 2.05) is 20.8 Å². The fourth-order valence-electron chi connectivity index (χ4n) is 1.81. The van der Waals surface area contributed by atoms with E-state index < -0.39 is 5.97 Å². The lowest BCUT2D eigenvalue weighted by Crippen LogP contribution is -2.29. The van der Waals surface area contributed by atoms with Crippen LogP contribution < -0.4 is 10.9 Å². The van der Waals surface area contributed by atoms with Crippen LogP contribution in [-0.4, -0.2) is 23.2 Å². The van der Waals surface area contributed by atoms with Gasteiger partial charge in [0.15, 0.2) is 0 Å². The van der Waals surface area contributed by atoms with Gasteiger partial charge in [-0.15, -0.1) is 0 Å². The van der Waals surface area contributed by atoms with Crippen LogP contribution in [0.15, 0.2) is 4.79 Å². The van der Waals surface area contributed by atoms with Gasteiger partial charge in [-0.05, 0) is 20.8 Å². The molecule has 5 nitrogen and oxygen atoms in total. The summed E-state index contributed by atoms with van der Waals surface area (Å²) in [4.78, 5) is 25.2. The summed E-state index contributed by atoms with van der Waals surface area (Å²) in [6.45, 7) is 5.97. The molecule has 0 aromatic rings. The third-order valence-corrected chi connectivity index (χ3v) is 5.01. The molecular formula is C12H16N2O3S2. The molecule has 0 aromatic heterocycles. The zero-order chi connectivity index (χ0) is 14.4. The fraction of sp³-hybridized carbons (Fsp3) is 0.500. The van der Waals surface area contributed by atoms with Crippen LogP contribution in [-0.2, 0) is 11.8 Å². The van der Waals surface area contributed by atoms with E-state index in [-0.39, 0.29) is 11.1 Å². The first-order valence-electron chi connectivity index (χ1n) is 5.74. The zero-order valence-electron chi connectivity index (χ0n) is 11.5. The lowest BCUT2D eigenvalue weighted by Gasteiger charge is -2.20. The van der Waals surface area contributed by atoms with Crippen LogP contribution in [0.2, 0.25) is 0 Å². The Hall–Kier alpha value is -1.34. The van der Waals surface area contributed by atoms with E-state index in [1.54, 1.807) is 7.05 Å². The summed E-state index contributed by atoms with van der Waals surface area (Å²) in [5.41, 5.74) is 0.877. The third-order valence-electron chi connectivity index (χ3n) is 2.59. The van der Waals surface area contributed by atoms with Crippen molar-refractivity contribution in [1.82, 2.24) is 4.57 Å². The van der Waals surface area contributed by atoms with Crippen LogP contribution in [0.3, 0.4) is 0 Å². The second kappa shape index (κ2) is 4.64. The molecule has 0 saturated heterocycles. The van der Waals surface area contributed by atoms with Gasteiger partial charge in [-0.1, -0.05) is 20.7 Å². The molecule has 7 heteroatoms. The Morgan fingerprint density at radius 3 is 2.47 bits per heavy atom. The fourth-order valence-corrected chi connectivity index (χ4v) is 4.47. The lowest BCUT2D eigenvalue weighted by atomic mass is 10.1. The molecule has 0 saturated carbocycles. The molecule has 19 heavy (non-hydrogen) atoms. The van der Waals surface area contributed by atoms with Crippen molar-refractivity contribution >= 4 is 32.3 Å². The maximum atomic E-state index is 12.2. The molecule has 2 aliphatic rings. The van der Waals surface area contributed by atoms with Crippen LogP contribution in [0.25, 0.3) is 10.6 Å².